The third-order valence-electron chi connectivity index (χ3n) is 4.09. The number of amides is 1. The Morgan fingerprint density at radius 3 is 2.31 bits per heavy atom. The lowest BCUT2D eigenvalue weighted by Gasteiger charge is -2.14. The second kappa shape index (κ2) is 10.6. The topological polar surface area (TPSA) is 122 Å². The largest absolute Gasteiger partial charge is 0.480 e. The van der Waals surface area contributed by atoms with Crippen LogP contribution in [-0.2, 0) is 14.8 Å². The zero-order valence-corrected chi connectivity index (χ0v) is 16.8. The summed E-state index contributed by atoms with van der Waals surface area (Å²) in [5, 5.41) is 11.6. The van der Waals surface area contributed by atoms with Crippen LogP contribution in [0, 0.1) is 6.92 Å². The van der Waals surface area contributed by atoms with Crippen LogP contribution in [0.2, 0.25) is 0 Å². The van der Waals surface area contributed by atoms with Crippen molar-refractivity contribution in [3.05, 3.63) is 60.2 Å². The molecule has 9 heteroatoms. The lowest BCUT2D eigenvalue weighted by atomic mass is 10.1. The van der Waals surface area contributed by atoms with E-state index in [0.717, 1.165) is 5.56 Å². The lowest BCUT2D eigenvalue weighted by Crippen LogP contribution is -2.42. The highest BCUT2D eigenvalue weighted by Crippen LogP contribution is 2.11. The van der Waals surface area contributed by atoms with Gasteiger partial charge < -0.3 is 15.2 Å². The van der Waals surface area contributed by atoms with E-state index in [2.05, 4.69) is 10.0 Å². The Labute approximate surface area is 169 Å². The number of hydrogen-bond acceptors (Lipinski definition) is 5. The summed E-state index contributed by atoms with van der Waals surface area (Å²) in [5.74, 6) is -0.880. The quantitative estimate of drug-likeness (QED) is 0.508. The van der Waals surface area contributed by atoms with Crippen molar-refractivity contribution in [1.29, 1.82) is 0 Å². The molecular weight excluding hydrogens is 396 g/mol. The molecule has 0 aromatic heterocycles. The van der Waals surface area contributed by atoms with Crippen LogP contribution < -0.4 is 14.8 Å². The van der Waals surface area contributed by atoms with Crippen molar-refractivity contribution in [1.82, 2.24) is 10.0 Å². The summed E-state index contributed by atoms with van der Waals surface area (Å²) in [6, 6.07) is 13.7. The molecule has 0 fully saturated rings. The molecule has 0 spiro atoms. The molecule has 0 radical (unpaired) electrons. The summed E-state index contributed by atoms with van der Waals surface area (Å²) in [6.45, 7) is 2.03. The molecule has 2 rings (SSSR count). The van der Waals surface area contributed by atoms with Crippen LogP contribution in [0.15, 0.2) is 59.5 Å². The predicted molar refractivity (Wildman–Crippen MR) is 107 cm³/mol. The fourth-order valence-corrected chi connectivity index (χ4v) is 3.58. The van der Waals surface area contributed by atoms with Crippen LogP contribution in [0.3, 0.4) is 0 Å². The van der Waals surface area contributed by atoms with E-state index >= 15 is 0 Å². The summed E-state index contributed by atoms with van der Waals surface area (Å²) < 4.78 is 31.9. The Balaban J connectivity index is 1.75. The average Bonchev–Trinajstić information content (AvgIpc) is 2.67. The number of carbonyl (C=O) groups excluding carboxylic acids is 1. The Bertz CT molecular complexity index is 914. The minimum absolute atomic E-state index is 0.144. The van der Waals surface area contributed by atoms with E-state index in [1.807, 2.05) is 6.92 Å². The lowest BCUT2D eigenvalue weighted by molar-refractivity contribution is -0.139. The number of hydrogen-bond donors (Lipinski definition) is 3. The minimum Gasteiger partial charge on any atom is -0.480 e. The molecule has 29 heavy (non-hydrogen) atoms. The number of ether oxygens (including phenoxy) is 1. The van der Waals surface area contributed by atoms with E-state index in [4.69, 9.17) is 4.74 Å². The van der Waals surface area contributed by atoms with E-state index in [-0.39, 0.29) is 17.9 Å². The van der Waals surface area contributed by atoms with Crippen molar-refractivity contribution in [3.63, 3.8) is 0 Å². The second-order valence-electron chi connectivity index (χ2n) is 6.44. The van der Waals surface area contributed by atoms with Crippen molar-refractivity contribution in [2.75, 3.05) is 6.54 Å². The molecule has 1 atom stereocenters. The molecule has 156 valence electrons. The zero-order valence-electron chi connectivity index (χ0n) is 16.0. The van der Waals surface area contributed by atoms with Crippen molar-refractivity contribution in [3.8, 4) is 5.75 Å². The second-order valence-corrected chi connectivity index (χ2v) is 8.21. The Morgan fingerprint density at radius 1 is 1.03 bits per heavy atom. The van der Waals surface area contributed by atoms with Crippen LogP contribution in [0.5, 0.6) is 5.75 Å². The van der Waals surface area contributed by atoms with Gasteiger partial charge in [-0.25, -0.2) is 22.7 Å². The van der Waals surface area contributed by atoms with Gasteiger partial charge in [0, 0.05) is 6.54 Å². The SMILES string of the molecule is Cc1ccc(S(=O)(=O)NCCCC[C@@H](NC(=O)Oc2ccccc2)C(=O)O)cc1. The summed E-state index contributed by atoms with van der Waals surface area (Å²) in [4.78, 5) is 23.4. The fourth-order valence-electron chi connectivity index (χ4n) is 2.51. The summed E-state index contributed by atoms with van der Waals surface area (Å²) in [6.07, 6.45) is 0.109. The third-order valence-corrected chi connectivity index (χ3v) is 5.56. The monoisotopic (exact) mass is 420 g/mol. The number of para-hydroxylation sites is 1. The van der Waals surface area contributed by atoms with Crippen LogP contribution in [-0.4, -0.2) is 38.2 Å². The van der Waals surface area contributed by atoms with E-state index < -0.39 is 28.1 Å². The van der Waals surface area contributed by atoms with Gasteiger partial charge in [0.25, 0.3) is 0 Å². The number of carbonyl (C=O) groups is 2. The summed E-state index contributed by atoms with van der Waals surface area (Å²) >= 11 is 0. The van der Waals surface area contributed by atoms with Crippen molar-refractivity contribution >= 4 is 22.1 Å². The van der Waals surface area contributed by atoms with Crippen LogP contribution >= 0.6 is 0 Å². The zero-order chi connectivity index (χ0) is 21.3. The van der Waals surface area contributed by atoms with Gasteiger partial charge in [-0.3, -0.25) is 0 Å². The van der Waals surface area contributed by atoms with Crippen molar-refractivity contribution in [2.45, 2.75) is 37.1 Å². The molecule has 1 amide bonds. The molecule has 2 aromatic rings. The van der Waals surface area contributed by atoms with Crippen LogP contribution in [0.25, 0.3) is 0 Å². The number of carboxylic acids is 1. The van der Waals surface area contributed by atoms with Crippen molar-refractivity contribution < 1.29 is 27.9 Å². The van der Waals surface area contributed by atoms with Gasteiger partial charge in [0.15, 0.2) is 0 Å². The number of aliphatic carboxylic acids is 1. The van der Waals surface area contributed by atoms with E-state index in [1.165, 1.54) is 12.1 Å². The van der Waals surface area contributed by atoms with Gasteiger partial charge in [0.1, 0.15) is 11.8 Å². The number of carboxylic acid groups (broad SMARTS) is 1. The van der Waals surface area contributed by atoms with Crippen molar-refractivity contribution in [2.24, 2.45) is 0 Å². The smallest absolute Gasteiger partial charge is 0.413 e. The maximum Gasteiger partial charge on any atom is 0.413 e. The van der Waals surface area contributed by atoms with Gasteiger partial charge in [0.05, 0.1) is 4.90 Å². The van der Waals surface area contributed by atoms with E-state index in [1.54, 1.807) is 42.5 Å². The maximum absolute atomic E-state index is 12.2. The fraction of sp³-hybridized carbons (Fsp3) is 0.300. The summed E-state index contributed by atoms with van der Waals surface area (Å²) in [7, 11) is -3.60. The third kappa shape index (κ3) is 7.55. The molecule has 0 saturated heterocycles. The molecule has 0 aliphatic carbocycles. The maximum atomic E-state index is 12.2. The van der Waals surface area contributed by atoms with Gasteiger partial charge in [-0.1, -0.05) is 35.9 Å². The molecule has 0 saturated carbocycles. The number of benzene rings is 2. The Hall–Kier alpha value is -2.91. The molecule has 3 N–H and O–H groups in total. The van der Waals surface area contributed by atoms with Gasteiger partial charge in [-0.15, -0.1) is 0 Å². The van der Waals surface area contributed by atoms with Crippen LogP contribution in [0.1, 0.15) is 24.8 Å². The summed E-state index contributed by atoms with van der Waals surface area (Å²) in [5.41, 5.74) is 0.960. The van der Waals surface area contributed by atoms with E-state index in [9.17, 15) is 23.1 Å². The molecule has 0 aliphatic heterocycles. The Kier molecular flexibility index (Phi) is 8.17. The van der Waals surface area contributed by atoms with Crippen LogP contribution in [0.4, 0.5) is 4.79 Å². The number of aryl methyl sites for hydroxylation is 1. The highest BCUT2D eigenvalue weighted by molar-refractivity contribution is 7.89. The van der Waals surface area contributed by atoms with Gasteiger partial charge in [-0.05, 0) is 50.5 Å². The highest BCUT2D eigenvalue weighted by atomic mass is 32.2. The molecule has 8 nitrogen and oxygen atoms in total. The van der Waals surface area contributed by atoms with Gasteiger partial charge >= 0.3 is 12.1 Å². The number of sulfonamides is 1. The number of rotatable bonds is 10. The van der Waals surface area contributed by atoms with E-state index in [0.29, 0.717) is 18.6 Å². The normalized spacial score (nSPS) is 12.2. The average molecular weight is 420 g/mol. The first kappa shape index (κ1) is 22.4. The number of unbranched alkanes of at least 4 members (excludes halogenated alkanes) is 1. The first-order valence-electron chi connectivity index (χ1n) is 9.10. The molecule has 0 bridgehead atoms. The Morgan fingerprint density at radius 2 is 1.69 bits per heavy atom. The van der Waals surface area contributed by atoms with Gasteiger partial charge in [0.2, 0.25) is 10.0 Å². The molecule has 2 aromatic carbocycles. The minimum atomic E-state index is -3.60. The number of nitrogens with one attached hydrogen (secondary N) is 2. The molecular formula is C20H24N2O6S. The molecule has 0 unspecified atom stereocenters. The first-order chi connectivity index (χ1) is 13.8. The predicted octanol–water partition coefficient (Wildman–Crippen LogP) is 2.69. The molecule has 0 heterocycles. The van der Waals surface area contributed by atoms with Gasteiger partial charge in [-0.2, -0.15) is 0 Å². The standard InChI is InChI=1S/C20H24N2O6S/c1-15-10-12-17(13-11-15)29(26,27)21-14-6-5-9-18(19(23)24)22-20(25)28-16-7-3-2-4-8-16/h2-4,7-8,10-13,18,21H,5-6,9,14H2,1H3,(H,22,25)(H,23,24)/t18-/m1/s1. The highest BCUT2D eigenvalue weighted by Gasteiger charge is 2.21. The first-order valence-corrected chi connectivity index (χ1v) is 10.6. The molecule has 0 aliphatic rings.